The van der Waals surface area contributed by atoms with E-state index in [1.165, 1.54) is 24.3 Å². The van der Waals surface area contributed by atoms with E-state index in [4.69, 9.17) is 10.5 Å². The van der Waals surface area contributed by atoms with Gasteiger partial charge in [0.25, 0.3) is 5.69 Å². The summed E-state index contributed by atoms with van der Waals surface area (Å²) < 4.78 is 5.12. The van der Waals surface area contributed by atoms with Gasteiger partial charge in [-0.3, -0.25) is 14.9 Å². The summed E-state index contributed by atoms with van der Waals surface area (Å²) in [6.07, 6.45) is 0. The SMILES string of the molecule is CNc1ccc(C(=O)OCc2ccc(C(N)=O)cc2)cc1[N+](=O)[O-]. The lowest BCUT2D eigenvalue weighted by atomic mass is 10.1. The minimum Gasteiger partial charge on any atom is -0.457 e. The van der Waals surface area contributed by atoms with Crippen molar-refractivity contribution in [2.45, 2.75) is 6.61 Å². The second-order valence-electron chi connectivity index (χ2n) is 4.88. The predicted octanol–water partition coefficient (Wildman–Crippen LogP) is 2.09. The van der Waals surface area contributed by atoms with Gasteiger partial charge in [0.1, 0.15) is 12.3 Å². The molecule has 0 saturated heterocycles. The van der Waals surface area contributed by atoms with E-state index in [0.717, 1.165) is 6.07 Å². The molecule has 2 rings (SSSR count). The summed E-state index contributed by atoms with van der Waals surface area (Å²) in [5.74, 6) is -1.23. The average Bonchev–Trinajstić information content (AvgIpc) is 2.59. The molecule has 0 aliphatic carbocycles. The van der Waals surface area contributed by atoms with Crippen molar-refractivity contribution in [3.63, 3.8) is 0 Å². The third kappa shape index (κ3) is 3.86. The second kappa shape index (κ2) is 7.23. The number of nitro groups is 1. The van der Waals surface area contributed by atoms with Gasteiger partial charge in [0.2, 0.25) is 5.91 Å². The number of carbonyl (C=O) groups is 2. The maximum Gasteiger partial charge on any atom is 0.338 e. The lowest BCUT2D eigenvalue weighted by Gasteiger charge is -2.07. The number of nitro benzene ring substituents is 1. The van der Waals surface area contributed by atoms with Gasteiger partial charge >= 0.3 is 5.97 Å². The molecule has 3 N–H and O–H groups in total. The van der Waals surface area contributed by atoms with Crippen molar-refractivity contribution >= 4 is 23.3 Å². The molecule has 0 aliphatic heterocycles. The van der Waals surface area contributed by atoms with Crippen molar-refractivity contribution < 1.29 is 19.2 Å². The Hall–Kier alpha value is -3.42. The number of esters is 1. The molecule has 0 spiro atoms. The van der Waals surface area contributed by atoms with Crippen molar-refractivity contribution in [3.8, 4) is 0 Å². The molecule has 2 aromatic rings. The van der Waals surface area contributed by atoms with Gasteiger partial charge in [-0.25, -0.2) is 4.79 Å². The minimum absolute atomic E-state index is 0.0283. The van der Waals surface area contributed by atoms with E-state index in [1.54, 1.807) is 19.2 Å². The van der Waals surface area contributed by atoms with Crippen LogP contribution < -0.4 is 11.1 Å². The van der Waals surface area contributed by atoms with Crippen LogP contribution in [0.2, 0.25) is 0 Å². The second-order valence-corrected chi connectivity index (χ2v) is 4.88. The first-order valence-corrected chi connectivity index (χ1v) is 6.94. The zero-order chi connectivity index (χ0) is 17.7. The first kappa shape index (κ1) is 16.9. The summed E-state index contributed by atoms with van der Waals surface area (Å²) in [5.41, 5.74) is 6.32. The van der Waals surface area contributed by atoms with E-state index >= 15 is 0 Å². The maximum absolute atomic E-state index is 12.0. The highest BCUT2D eigenvalue weighted by molar-refractivity contribution is 5.93. The van der Waals surface area contributed by atoms with Crippen LogP contribution in [0.3, 0.4) is 0 Å². The Kier molecular flexibility index (Phi) is 5.10. The number of ether oxygens (including phenoxy) is 1. The molecule has 0 bridgehead atoms. The molecule has 1 amide bonds. The van der Waals surface area contributed by atoms with E-state index < -0.39 is 16.8 Å². The van der Waals surface area contributed by atoms with Crippen molar-refractivity contribution in [2.75, 3.05) is 12.4 Å². The Bertz CT molecular complexity index is 787. The fraction of sp³-hybridized carbons (Fsp3) is 0.125. The van der Waals surface area contributed by atoms with E-state index in [2.05, 4.69) is 5.32 Å². The number of carbonyl (C=O) groups excluding carboxylic acids is 2. The Balaban J connectivity index is 2.08. The molecule has 0 unspecified atom stereocenters. The molecule has 0 aliphatic rings. The van der Waals surface area contributed by atoms with E-state index in [1.807, 2.05) is 0 Å². The molecule has 24 heavy (non-hydrogen) atoms. The third-order valence-electron chi connectivity index (χ3n) is 3.31. The number of nitrogens with zero attached hydrogens (tertiary/aromatic N) is 1. The zero-order valence-corrected chi connectivity index (χ0v) is 12.8. The van der Waals surface area contributed by atoms with Gasteiger partial charge < -0.3 is 15.8 Å². The van der Waals surface area contributed by atoms with Gasteiger partial charge in [-0.05, 0) is 29.8 Å². The van der Waals surface area contributed by atoms with Crippen LogP contribution in [0.5, 0.6) is 0 Å². The molecule has 8 nitrogen and oxygen atoms in total. The van der Waals surface area contributed by atoms with Gasteiger partial charge in [-0.15, -0.1) is 0 Å². The lowest BCUT2D eigenvalue weighted by molar-refractivity contribution is -0.384. The fourth-order valence-corrected chi connectivity index (χ4v) is 2.02. The van der Waals surface area contributed by atoms with Crippen LogP contribution in [-0.2, 0) is 11.3 Å². The Labute approximate surface area is 137 Å². The molecule has 0 fully saturated rings. The zero-order valence-electron chi connectivity index (χ0n) is 12.8. The van der Waals surface area contributed by atoms with Gasteiger partial charge in [-0.2, -0.15) is 0 Å². The molecule has 8 heteroatoms. The molecular formula is C16H15N3O5. The van der Waals surface area contributed by atoms with Crippen LogP contribution in [0, 0.1) is 10.1 Å². The van der Waals surface area contributed by atoms with Crippen molar-refractivity contribution in [1.82, 2.24) is 0 Å². The Morgan fingerprint density at radius 3 is 2.33 bits per heavy atom. The number of amides is 1. The number of hydrogen-bond donors (Lipinski definition) is 2. The Morgan fingerprint density at radius 1 is 1.17 bits per heavy atom. The summed E-state index contributed by atoms with van der Waals surface area (Å²) in [7, 11) is 1.55. The van der Waals surface area contributed by atoms with Crippen LogP contribution in [0.4, 0.5) is 11.4 Å². The van der Waals surface area contributed by atoms with Gasteiger partial charge in [0.15, 0.2) is 0 Å². The van der Waals surface area contributed by atoms with Crippen molar-refractivity contribution in [3.05, 3.63) is 69.3 Å². The highest BCUT2D eigenvalue weighted by Gasteiger charge is 2.17. The molecule has 0 aromatic heterocycles. The number of benzene rings is 2. The largest absolute Gasteiger partial charge is 0.457 e. The standard InChI is InChI=1S/C16H15N3O5/c1-18-13-7-6-12(8-14(13)19(22)23)16(21)24-9-10-2-4-11(5-3-10)15(17)20/h2-8,18H,9H2,1H3,(H2,17,20). The van der Waals surface area contributed by atoms with Crippen LogP contribution in [0.1, 0.15) is 26.3 Å². The number of primary amides is 1. The quantitative estimate of drug-likeness (QED) is 0.475. The predicted molar refractivity (Wildman–Crippen MR) is 86.7 cm³/mol. The summed E-state index contributed by atoms with van der Waals surface area (Å²) in [4.78, 5) is 33.4. The molecule has 2 aromatic carbocycles. The summed E-state index contributed by atoms with van der Waals surface area (Å²) >= 11 is 0. The lowest BCUT2D eigenvalue weighted by Crippen LogP contribution is -2.11. The molecule has 124 valence electrons. The van der Waals surface area contributed by atoms with Gasteiger partial charge in [-0.1, -0.05) is 12.1 Å². The fourth-order valence-electron chi connectivity index (χ4n) is 2.02. The number of rotatable bonds is 6. The summed E-state index contributed by atoms with van der Waals surface area (Å²) in [6.45, 7) is -0.0283. The molecular weight excluding hydrogens is 314 g/mol. The van der Waals surface area contributed by atoms with Crippen LogP contribution in [-0.4, -0.2) is 23.8 Å². The van der Waals surface area contributed by atoms with Crippen LogP contribution in [0.15, 0.2) is 42.5 Å². The highest BCUT2D eigenvalue weighted by atomic mass is 16.6. The van der Waals surface area contributed by atoms with E-state index in [0.29, 0.717) is 16.8 Å². The first-order chi connectivity index (χ1) is 11.4. The number of nitrogens with one attached hydrogen (secondary N) is 1. The highest BCUT2D eigenvalue weighted by Crippen LogP contribution is 2.25. The smallest absolute Gasteiger partial charge is 0.338 e. The van der Waals surface area contributed by atoms with E-state index in [9.17, 15) is 19.7 Å². The van der Waals surface area contributed by atoms with E-state index in [-0.39, 0.29) is 17.9 Å². The van der Waals surface area contributed by atoms with Crippen LogP contribution in [0.25, 0.3) is 0 Å². The monoisotopic (exact) mass is 329 g/mol. The van der Waals surface area contributed by atoms with Crippen molar-refractivity contribution in [2.24, 2.45) is 5.73 Å². The number of anilines is 1. The summed E-state index contributed by atoms with van der Waals surface area (Å²) in [6, 6.07) is 10.3. The third-order valence-corrected chi connectivity index (χ3v) is 3.31. The molecule has 0 saturated carbocycles. The van der Waals surface area contributed by atoms with Crippen LogP contribution >= 0.6 is 0 Å². The molecule has 0 radical (unpaired) electrons. The molecule has 0 heterocycles. The normalized spacial score (nSPS) is 10.0. The maximum atomic E-state index is 12.0. The number of hydrogen-bond acceptors (Lipinski definition) is 6. The van der Waals surface area contributed by atoms with Crippen molar-refractivity contribution in [1.29, 1.82) is 0 Å². The van der Waals surface area contributed by atoms with Gasteiger partial charge in [0.05, 0.1) is 10.5 Å². The average molecular weight is 329 g/mol. The minimum atomic E-state index is -0.681. The topological polar surface area (TPSA) is 125 Å². The molecule has 0 atom stereocenters. The van der Waals surface area contributed by atoms with Gasteiger partial charge in [0, 0.05) is 18.7 Å². The Morgan fingerprint density at radius 2 is 1.79 bits per heavy atom. The number of nitrogens with two attached hydrogens (primary N) is 1. The first-order valence-electron chi connectivity index (χ1n) is 6.94. The summed E-state index contributed by atoms with van der Waals surface area (Å²) in [5, 5.41) is 13.7.